The maximum atomic E-state index is 9.52. The van der Waals surface area contributed by atoms with Gasteiger partial charge in [-0.05, 0) is 20.3 Å². The van der Waals surface area contributed by atoms with Gasteiger partial charge in [-0.15, -0.1) is 0 Å². The van der Waals surface area contributed by atoms with Crippen LogP contribution in [0.5, 0.6) is 0 Å². The average molecular weight is 222 g/mol. The summed E-state index contributed by atoms with van der Waals surface area (Å²) in [6.45, 7) is 6.44. The molecular weight excluding hydrogens is 204 g/mol. The van der Waals surface area contributed by atoms with Crippen molar-refractivity contribution >= 4 is 11.6 Å². The van der Waals surface area contributed by atoms with Gasteiger partial charge in [-0.3, -0.25) is 0 Å². The number of aliphatic hydroxyl groups is 1. The Bertz CT molecular complexity index is 369. The molecule has 0 amide bonds. The largest absolute Gasteiger partial charge is 0.391 e. The van der Waals surface area contributed by atoms with Crippen molar-refractivity contribution in [2.75, 3.05) is 29.9 Å². The summed E-state index contributed by atoms with van der Waals surface area (Å²) in [7, 11) is 0. The number of hydrogen-bond donors (Lipinski definition) is 2. The van der Waals surface area contributed by atoms with Crippen LogP contribution < -0.4 is 10.2 Å². The summed E-state index contributed by atoms with van der Waals surface area (Å²) >= 11 is 0. The van der Waals surface area contributed by atoms with Crippen molar-refractivity contribution in [1.29, 1.82) is 0 Å². The normalized spacial score (nSPS) is 20.2. The van der Waals surface area contributed by atoms with Gasteiger partial charge < -0.3 is 15.3 Å². The lowest BCUT2D eigenvalue weighted by Gasteiger charge is -2.20. The molecule has 1 unspecified atom stereocenters. The van der Waals surface area contributed by atoms with E-state index in [9.17, 15) is 5.11 Å². The van der Waals surface area contributed by atoms with E-state index in [1.165, 1.54) is 0 Å². The maximum Gasteiger partial charge on any atom is 0.137 e. The van der Waals surface area contributed by atoms with Gasteiger partial charge in [0.25, 0.3) is 0 Å². The summed E-state index contributed by atoms with van der Waals surface area (Å²) in [4.78, 5) is 10.6. The monoisotopic (exact) mass is 222 g/mol. The highest BCUT2D eigenvalue weighted by molar-refractivity contribution is 5.58. The summed E-state index contributed by atoms with van der Waals surface area (Å²) in [6, 6.07) is 0. The minimum atomic E-state index is -0.225. The van der Waals surface area contributed by atoms with Crippen LogP contribution in [0.25, 0.3) is 0 Å². The fraction of sp³-hybridized carbons (Fsp3) is 0.636. The Hall–Kier alpha value is -1.36. The number of aromatic nitrogens is 2. The molecule has 2 rings (SSSR count). The SMILES string of the molecule is CCNc1ncnc(N2CCC(O)C2)c1C. The predicted molar refractivity (Wildman–Crippen MR) is 63.8 cm³/mol. The van der Waals surface area contributed by atoms with Crippen LogP contribution in [0.15, 0.2) is 6.33 Å². The van der Waals surface area contributed by atoms with Crippen molar-refractivity contribution < 1.29 is 5.11 Å². The van der Waals surface area contributed by atoms with Gasteiger partial charge in [0.05, 0.1) is 6.10 Å². The lowest BCUT2D eigenvalue weighted by atomic mass is 10.3. The summed E-state index contributed by atoms with van der Waals surface area (Å²) in [6.07, 6.45) is 2.17. The average Bonchev–Trinajstić information content (AvgIpc) is 2.68. The Morgan fingerprint density at radius 3 is 3.00 bits per heavy atom. The van der Waals surface area contributed by atoms with E-state index in [0.717, 1.165) is 36.7 Å². The van der Waals surface area contributed by atoms with Gasteiger partial charge in [-0.25, -0.2) is 9.97 Å². The summed E-state index contributed by atoms with van der Waals surface area (Å²) in [5.41, 5.74) is 1.05. The Morgan fingerprint density at radius 2 is 2.38 bits per heavy atom. The minimum Gasteiger partial charge on any atom is -0.391 e. The third kappa shape index (κ3) is 2.09. The number of nitrogens with one attached hydrogen (secondary N) is 1. The first kappa shape index (κ1) is 11.1. The molecule has 1 atom stereocenters. The van der Waals surface area contributed by atoms with Crippen LogP contribution in [0.4, 0.5) is 11.6 Å². The van der Waals surface area contributed by atoms with E-state index in [-0.39, 0.29) is 6.10 Å². The highest BCUT2D eigenvalue weighted by Crippen LogP contribution is 2.25. The van der Waals surface area contributed by atoms with E-state index in [1.807, 2.05) is 13.8 Å². The van der Waals surface area contributed by atoms with Crippen molar-refractivity contribution in [2.24, 2.45) is 0 Å². The Labute approximate surface area is 95.5 Å². The number of nitrogens with zero attached hydrogens (tertiary/aromatic N) is 3. The van der Waals surface area contributed by atoms with Crippen LogP contribution >= 0.6 is 0 Å². The zero-order valence-electron chi connectivity index (χ0n) is 9.77. The molecule has 1 saturated heterocycles. The zero-order valence-corrected chi connectivity index (χ0v) is 9.77. The van der Waals surface area contributed by atoms with Crippen LogP contribution in [0.1, 0.15) is 18.9 Å². The molecule has 0 spiro atoms. The molecule has 2 heterocycles. The van der Waals surface area contributed by atoms with Crippen molar-refractivity contribution in [1.82, 2.24) is 9.97 Å². The molecule has 5 heteroatoms. The molecule has 1 fully saturated rings. The molecule has 1 aromatic rings. The van der Waals surface area contributed by atoms with Crippen LogP contribution in [0.3, 0.4) is 0 Å². The van der Waals surface area contributed by atoms with E-state index in [2.05, 4.69) is 20.2 Å². The first-order valence-electron chi connectivity index (χ1n) is 5.71. The second kappa shape index (κ2) is 4.65. The number of anilines is 2. The smallest absolute Gasteiger partial charge is 0.137 e. The van der Waals surface area contributed by atoms with Gasteiger partial charge >= 0.3 is 0 Å². The lowest BCUT2D eigenvalue weighted by Crippen LogP contribution is -2.23. The summed E-state index contributed by atoms with van der Waals surface area (Å²) in [5.74, 6) is 1.82. The van der Waals surface area contributed by atoms with Gasteiger partial charge in [-0.2, -0.15) is 0 Å². The van der Waals surface area contributed by atoms with Crippen molar-refractivity contribution in [3.05, 3.63) is 11.9 Å². The quantitative estimate of drug-likeness (QED) is 0.791. The highest BCUT2D eigenvalue weighted by Gasteiger charge is 2.23. The van der Waals surface area contributed by atoms with Gasteiger partial charge in [0.2, 0.25) is 0 Å². The molecule has 1 aliphatic heterocycles. The van der Waals surface area contributed by atoms with Crippen LogP contribution in [0.2, 0.25) is 0 Å². The van der Waals surface area contributed by atoms with Crippen molar-refractivity contribution in [3.63, 3.8) is 0 Å². The van der Waals surface area contributed by atoms with Gasteiger partial charge in [0.1, 0.15) is 18.0 Å². The van der Waals surface area contributed by atoms with Crippen molar-refractivity contribution in [3.8, 4) is 0 Å². The molecule has 5 nitrogen and oxygen atoms in total. The maximum absolute atomic E-state index is 9.52. The van der Waals surface area contributed by atoms with E-state index in [1.54, 1.807) is 6.33 Å². The number of rotatable bonds is 3. The summed E-state index contributed by atoms with van der Waals surface area (Å²) < 4.78 is 0. The number of β-amino-alcohol motifs (C(OH)–C–C–N with tert-alkyl or cyclic N) is 1. The highest BCUT2D eigenvalue weighted by atomic mass is 16.3. The van der Waals surface area contributed by atoms with Crippen LogP contribution in [-0.2, 0) is 0 Å². The Morgan fingerprint density at radius 1 is 1.56 bits per heavy atom. The Balaban J connectivity index is 2.23. The van der Waals surface area contributed by atoms with Crippen molar-refractivity contribution in [2.45, 2.75) is 26.4 Å². The van der Waals surface area contributed by atoms with Gasteiger partial charge in [0.15, 0.2) is 0 Å². The first-order chi connectivity index (χ1) is 7.72. The molecule has 0 saturated carbocycles. The topological polar surface area (TPSA) is 61.3 Å². The minimum absolute atomic E-state index is 0.225. The van der Waals surface area contributed by atoms with E-state index >= 15 is 0 Å². The van der Waals surface area contributed by atoms with Crippen LogP contribution in [0, 0.1) is 6.92 Å². The fourth-order valence-corrected chi connectivity index (χ4v) is 2.04. The van der Waals surface area contributed by atoms with Crippen LogP contribution in [-0.4, -0.2) is 40.8 Å². The molecule has 0 bridgehead atoms. The van der Waals surface area contributed by atoms with E-state index < -0.39 is 0 Å². The summed E-state index contributed by atoms with van der Waals surface area (Å²) in [5, 5.41) is 12.7. The second-order valence-corrected chi connectivity index (χ2v) is 4.09. The standard InChI is InChI=1S/C11H18N4O/c1-3-12-10-8(2)11(14-7-13-10)15-5-4-9(16)6-15/h7,9,16H,3-6H2,1-2H3,(H,12,13,14). The van der Waals surface area contributed by atoms with E-state index in [0.29, 0.717) is 6.54 Å². The molecule has 16 heavy (non-hydrogen) atoms. The second-order valence-electron chi connectivity index (χ2n) is 4.09. The molecule has 88 valence electrons. The first-order valence-corrected chi connectivity index (χ1v) is 5.71. The third-order valence-corrected chi connectivity index (χ3v) is 2.86. The Kier molecular flexibility index (Phi) is 3.24. The molecule has 0 aromatic carbocycles. The molecule has 0 aliphatic carbocycles. The zero-order chi connectivity index (χ0) is 11.5. The van der Waals surface area contributed by atoms with Gasteiger partial charge in [-0.1, -0.05) is 0 Å². The molecular formula is C11H18N4O. The van der Waals surface area contributed by atoms with Gasteiger partial charge in [0, 0.05) is 25.2 Å². The van der Waals surface area contributed by atoms with E-state index in [4.69, 9.17) is 0 Å². The number of hydrogen-bond acceptors (Lipinski definition) is 5. The molecule has 1 aliphatic rings. The molecule has 2 N–H and O–H groups in total. The fourth-order valence-electron chi connectivity index (χ4n) is 2.04. The molecule has 0 radical (unpaired) electrons. The number of aliphatic hydroxyl groups excluding tert-OH is 1. The lowest BCUT2D eigenvalue weighted by molar-refractivity contribution is 0.198. The third-order valence-electron chi connectivity index (χ3n) is 2.86. The molecule has 1 aromatic heterocycles. The predicted octanol–water partition coefficient (Wildman–Crippen LogP) is 0.788.